The van der Waals surface area contributed by atoms with Crippen LogP contribution in [0.3, 0.4) is 0 Å². The lowest BCUT2D eigenvalue weighted by Gasteiger charge is -2.40. The molecule has 3 atom stereocenters. The first-order valence-electron chi connectivity index (χ1n) is 8.34. The minimum atomic E-state index is -0.586. The molecule has 0 aromatic heterocycles. The van der Waals surface area contributed by atoms with Gasteiger partial charge in [0.25, 0.3) is 5.91 Å². The molecule has 0 bridgehead atoms. The van der Waals surface area contributed by atoms with Crippen LogP contribution >= 0.6 is 11.6 Å². The lowest BCUT2D eigenvalue weighted by atomic mass is 10.1. The maximum Gasteiger partial charge on any atom is 0.328 e. The Labute approximate surface area is 157 Å². The molecule has 0 saturated carbocycles. The fourth-order valence-electron chi connectivity index (χ4n) is 3.12. The number of guanidine groups is 1. The highest BCUT2D eigenvalue weighted by Crippen LogP contribution is 2.25. The first-order valence-corrected chi connectivity index (χ1v) is 8.72. The van der Waals surface area contributed by atoms with Crippen molar-refractivity contribution in [3.8, 4) is 0 Å². The molecule has 8 nitrogen and oxygen atoms in total. The summed E-state index contributed by atoms with van der Waals surface area (Å²) >= 11 is 5.89. The number of aliphatic hydroxyl groups excluding tert-OH is 1. The largest absolute Gasteiger partial charge is 0.391 e. The number of urea groups is 1. The molecule has 2 fully saturated rings. The van der Waals surface area contributed by atoms with Gasteiger partial charge in [0.2, 0.25) is 0 Å². The van der Waals surface area contributed by atoms with E-state index in [0.717, 1.165) is 5.56 Å². The lowest BCUT2D eigenvalue weighted by Crippen LogP contribution is -2.65. The summed E-state index contributed by atoms with van der Waals surface area (Å²) in [6.07, 6.45) is -1.08. The summed E-state index contributed by atoms with van der Waals surface area (Å²) in [6.45, 7) is 2.03. The molecular weight excluding hydrogens is 358 g/mol. The molecular formula is C17H22ClN5O3. The highest BCUT2D eigenvalue weighted by Gasteiger charge is 2.51. The smallest absolute Gasteiger partial charge is 0.328 e. The Morgan fingerprint density at radius 1 is 1.23 bits per heavy atom. The number of halogens is 1. The summed E-state index contributed by atoms with van der Waals surface area (Å²) in [5.74, 6) is 0.201. The van der Waals surface area contributed by atoms with Crippen LogP contribution in [0.4, 0.5) is 4.79 Å². The fraction of sp³-hybridized carbons (Fsp3) is 0.471. The fourth-order valence-corrected chi connectivity index (χ4v) is 3.25. The predicted octanol–water partition coefficient (Wildman–Crippen LogP) is 0.701. The van der Waals surface area contributed by atoms with Crippen LogP contribution in [0.15, 0.2) is 29.3 Å². The van der Waals surface area contributed by atoms with Crippen molar-refractivity contribution >= 4 is 29.5 Å². The molecule has 140 valence electrons. The Morgan fingerprint density at radius 2 is 1.88 bits per heavy atom. The molecule has 2 N–H and O–H groups in total. The summed E-state index contributed by atoms with van der Waals surface area (Å²) in [4.78, 5) is 34.4. The predicted molar refractivity (Wildman–Crippen MR) is 97.6 cm³/mol. The van der Waals surface area contributed by atoms with Gasteiger partial charge in [0, 0.05) is 19.1 Å². The molecule has 3 rings (SSSR count). The van der Waals surface area contributed by atoms with Crippen molar-refractivity contribution < 1.29 is 14.7 Å². The summed E-state index contributed by atoms with van der Waals surface area (Å²) in [7, 11) is 3.40. The summed E-state index contributed by atoms with van der Waals surface area (Å²) in [6, 6.07) is 6.10. The van der Waals surface area contributed by atoms with Gasteiger partial charge in [-0.15, -0.1) is 0 Å². The van der Waals surface area contributed by atoms with E-state index in [4.69, 9.17) is 11.6 Å². The van der Waals surface area contributed by atoms with Crippen LogP contribution in [0.2, 0.25) is 5.02 Å². The van der Waals surface area contributed by atoms with E-state index in [9.17, 15) is 14.7 Å². The van der Waals surface area contributed by atoms with Gasteiger partial charge in [0.1, 0.15) is 6.17 Å². The number of likely N-dealkylation sites (N-methyl/N-ethyl adjacent to an activating group) is 2. The lowest BCUT2D eigenvalue weighted by molar-refractivity contribution is -0.137. The number of fused-ring (bicyclic) bond motifs is 1. The second-order valence-corrected chi connectivity index (χ2v) is 7.04. The van der Waals surface area contributed by atoms with Crippen LogP contribution in [0.25, 0.3) is 0 Å². The Balaban J connectivity index is 1.83. The number of aliphatic imine (C=N–C) groups is 1. The molecule has 2 aliphatic rings. The number of benzene rings is 1. The minimum absolute atomic E-state index is 0.177. The van der Waals surface area contributed by atoms with Crippen LogP contribution in [-0.2, 0) is 11.3 Å². The Bertz CT molecular complexity index is 736. The topological polar surface area (TPSA) is 88.5 Å². The van der Waals surface area contributed by atoms with E-state index in [1.54, 1.807) is 50.2 Å². The number of aliphatic hydroxyl groups is 1. The minimum Gasteiger partial charge on any atom is -0.391 e. The zero-order chi connectivity index (χ0) is 19.0. The van der Waals surface area contributed by atoms with Crippen LogP contribution in [-0.4, -0.2) is 76.7 Å². The van der Waals surface area contributed by atoms with Crippen molar-refractivity contribution in [3.63, 3.8) is 0 Å². The second-order valence-electron chi connectivity index (χ2n) is 6.60. The Kier molecular flexibility index (Phi) is 5.06. The quantitative estimate of drug-likeness (QED) is 0.804. The van der Waals surface area contributed by atoms with Gasteiger partial charge in [-0.05, 0) is 24.6 Å². The molecule has 1 aromatic carbocycles. The van der Waals surface area contributed by atoms with Gasteiger partial charge in [-0.3, -0.25) is 14.7 Å². The first-order chi connectivity index (χ1) is 12.3. The molecule has 9 heteroatoms. The van der Waals surface area contributed by atoms with Crippen molar-refractivity contribution in [1.29, 1.82) is 0 Å². The Hall–Kier alpha value is -2.32. The molecule has 26 heavy (non-hydrogen) atoms. The molecule has 1 aromatic rings. The average Bonchev–Trinajstić information content (AvgIpc) is 2.93. The van der Waals surface area contributed by atoms with Gasteiger partial charge in [-0.1, -0.05) is 23.7 Å². The maximum atomic E-state index is 13.0. The molecule has 2 aliphatic heterocycles. The van der Waals surface area contributed by atoms with E-state index in [1.807, 2.05) is 0 Å². The third-order valence-electron chi connectivity index (χ3n) is 4.56. The van der Waals surface area contributed by atoms with Crippen LogP contribution in [0.5, 0.6) is 0 Å². The standard InChI is InChI=1S/C17H22ClN5O3/c1-10(24)8-19-16-20-14-13(21(16)2)15(25)23(17(26)22(14)3)9-11-4-6-12(18)7-5-11/h4-7,10,13-14,24H,8-9H2,1-3H3,(H,19,20). The Morgan fingerprint density at radius 3 is 2.50 bits per heavy atom. The second kappa shape index (κ2) is 7.13. The maximum absolute atomic E-state index is 13.0. The molecule has 0 aliphatic carbocycles. The number of amides is 3. The molecule has 0 spiro atoms. The average molecular weight is 380 g/mol. The first kappa shape index (κ1) is 18.5. The van der Waals surface area contributed by atoms with E-state index in [1.165, 1.54) is 9.80 Å². The van der Waals surface area contributed by atoms with Crippen molar-refractivity contribution in [1.82, 2.24) is 20.0 Å². The van der Waals surface area contributed by atoms with E-state index < -0.39 is 18.3 Å². The molecule has 3 amide bonds. The van der Waals surface area contributed by atoms with E-state index >= 15 is 0 Å². The third-order valence-corrected chi connectivity index (χ3v) is 4.81. The summed E-state index contributed by atoms with van der Waals surface area (Å²) in [5.41, 5.74) is 0.819. The number of carbonyl (C=O) groups excluding carboxylic acids is 2. The van der Waals surface area contributed by atoms with E-state index in [-0.39, 0.29) is 25.0 Å². The monoisotopic (exact) mass is 379 g/mol. The van der Waals surface area contributed by atoms with Gasteiger partial charge in [-0.2, -0.15) is 0 Å². The summed E-state index contributed by atoms with van der Waals surface area (Å²) in [5, 5.41) is 13.1. The molecule has 2 heterocycles. The molecule has 2 saturated heterocycles. The number of hydrogen-bond acceptors (Lipinski definition) is 4. The van der Waals surface area contributed by atoms with Gasteiger partial charge in [-0.25, -0.2) is 4.79 Å². The molecule has 3 unspecified atom stereocenters. The van der Waals surface area contributed by atoms with Gasteiger partial charge < -0.3 is 20.2 Å². The number of carbonyl (C=O) groups is 2. The van der Waals surface area contributed by atoms with Gasteiger partial charge in [0.05, 0.1) is 19.2 Å². The van der Waals surface area contributed by atoms with E-state index in [2.05, 4.69) is 10.3 Å². The van der Waals surface area contributed by atoms with Crippen LogP contribution in [0, 0.1) is 0 Å². The van der Waals surface area contributed by atoms with Crippen LogP contribution < -0.4 is 5.32 Å². The number of hydrogen-bond donors (Lipinski definition) is 2. The normalized spacial score (nSPS) is 25.6. The zero-order valence-electron chi connectivity index (χ0n) is 14.9. The highest BCUT2D eigenvalue weighted by molar-refractivity contribution is 6.30. The zero-order valence-corrected chi connectivity index (χ0v) is 15.6. The molecule has 0 radical (unpaired) electrons. The van der Waals surface area contributed by atoms with Crippen molar-refractivity contribution in [2.45, 2.75) is 31.8 Å². The van der Waals surface area contributed by atoms with Crippen molar-refractivity contribution in [2.24, 2.45) is 4.99 Å². The number of nitrogens with zero attached hydrogens (tertiary/aromatic N) is 4. The number of nitrogens with one attached hydrogen (secondary N) is 1. The number of rotatable bonds is 4. The summed E-state index contributed by atoms with van der Waals surface area (Å²) < 4.78 is 0. The third kappa shape index (κ3) is 3.34. The van der Waals surface area contributed by atoms with Gasteiger partial charge in [0.15, 0.2) is 12.0 Å². The van der Waals surface area contributed by atoms with E-state index in [0.29, 0.717) is 11.0 Å². The highest BCUT2D eigenvalue weighted by atomic mass is 35.5. The van der Waals surface area contributed by atoms with Gasteiger partial charge >= 0.3 is 6.03 Å². The van der Waals surface area contributed by atoms with Crippen molar-refractivity contribution in [3.05, 3.63) is 34.9 Å². The van der Waals surface area contributed by atoms with Crippen LogP contribution in [0.1, 0.15) is 12.5 Å². The SMILES string of the molecule is CC(O)CN=C1NC2C(C(=O)N(Cc3ccc(Cl)cc3)C(=O)N2C)N1C. The van der Waals surface area contributed by atoms with Crippen molar-refractivity contribution in [2.75, 3.05) is 20.6 Å². The number of imide groups is 1.